The number of rotatable bonds is 5. The van der Waals surface area contributed by atoms with E-state index in [2.05, 4.69) is 10.6 Å². The Morgan fingerprint density at radius 1 is 1.38 bits per heavy atom. The summed E-state index contributed by atoms with van der Waals surface area (Å²) in [5, 5.41) is 5.46. The monoisotopic (exact) mass is 355 g/mol. The second kappa shape index (κ2) is 8.44. The van der Waals surface area contributed by atoms with Crippen LogP contribution < -0.4 is 10.6 Å². The number of amides is 3. The molecule has 7 heteroatoms. The fourth-order valence-corrected chi connectivity index (χ4v) is 3.00. The Labute approximate surface area is 146 Å². The predicted molar refractivity (Wildman–Crippen MR) is 91.3 cm³/mol. The highest BCUT2D eigenvalue weighted by Crippen LogP contribution is 2.21. The normalized spacial score (nSPS) is 16.2. The van der Waals surface area contributed by atoms with E-state index in [4.69, 9.17) is 11.6 Å². The molecule has 3 amide bonds. The predicted octanol–water partition coefficient (Wildman–Crippen LogP) is 3.07. The van der Waals surface area contributed by atoms with E-state index >= 15 is 0 Å². The molecule has 0 heterocycles. The molecule has 1 fully saturated rings. The molecule has 0 saturated heterocycles. The maximum atomic E-state index is 13.8. The standard InChI is InChI=1S/C17H23ClFN3O2/c1-11(16(23)21-17(24)20-12-6-3-4-7-12)22(2)10-13-14(18)8-5-9-15(13)19/h5,8-9,11-12H,3-4,6-7,10H2,1-2H3,(H2,20,21,23,24). The molecule has 0 aliphatic heterocycles. The van der Waals surface area contributed by atoms with E-state index in [-0.39, 0.29) is 12.6 Å². The van der Waals surface area contributed by atoms with Gasteiger partial charge in [-0.05, 0) is 38.9 Å². The molecule has 5 nitrogen and oxygen atoms in total. The summed E-state index contributed by atoms with van der Waals surface area (Å²) in [4.78, 5) is 25.7. The summed E-state index contributed by atoms with van der Waals surface area (Å²) in [6, 6.07) is 3.53. The Hall–Kier alpha value is -1.66. The van der Waals surface area contributed by atoms with Gasteiger partial charge >= 0.3 is 6.03 Å². The van der Waals surface area contributed by atoms with Crippen molar-refractivity contribution in [2.45, 2.75) is 51.2 Å². The number of imide groups is 1. The molecular weight excluding hydrogens is 333 g/mol. The van der Waals surface area contributed by atoms with E-state index in [1.54, 1.807) is 24.9 Å². The number of likely N-dealkylation sites (N-methyl/N-ethyl adjacent to an activating group) is 1. The van der Waals surface area contributed by atoms with E-state index < -0.39 is 23.8 Å². The molecule has 1 aliphatic rings. The van der Waals surface area contributed by atoms with Crippen molar-refractivity contribution in [1.82, 2.24) is 15.5 Å². The van der Waals surface area contributed by atoms with Gasteiger partial charge in [0.25, 0.3) is 0 Å². The SMILES string of the molecule is CC(C(=O)NC(=O)NC1CCCC1)N(C)Cc1c(F)cccc1Cl. The zero-order valence-corrected chi connectivity index (χ0v) is 14.7. The molecule has 1 aromatic rings. The van der Waals surface area contributed by atoms with Crippen molar-refractivity contribution in [3.8, 4) is 0 Å². The van der Waals surface area contributed by atoms with Gasteiger partial charge in [-0.15, -0.1) is 0 Å². The number of carbonyl (C=O) groups is 2. The summed E-state index contributed by atoms with van der Waals surface area (Å²) in [5.74, 6) is -0.846. The van der Waals surface area contributed by atoms with E-state index in [1.807, 2.05) is 0 Å². The zero-order valence-electron chi connectivity index (χ0n) is 13.9. The number of benzene rings is 1. The highest BCUT2D eigenvalue weighted by molar-refractivity contribution is 6.31. The highest BCUT2D eigenvalue weighted by Gasteiger charge is 2.23. The molecule has 0 bridgehead atoms. The Kier molecular flexibility index (Phi) is 6.57. The average Bonchev–Trinajstić information content (AvgIpc) is 3.02. The van der Waals surface area contributed by atoms with Gasteiger partial charge < -0.3 is 5.32 Å². The van der Waals surface area contributed by atoms with Crippen LogP contribution in [0.5, 0.6) is 0 Å². The van der Waals surface area contributed by atoms with Crippen LogP contribution in [0, 0.1) is 5.82 Å². The lowest BCUT2D eigenvalue weighted by molar-refractivity contribution is -0.124. The fraction of sp³-hybridized carbons (Fsp3) is 0.529. The molecule has 0 aromatic heterocycles. The topological polar surface area (TPSA) is 61.4 Å². The molecule has 2 N–H and O–H groups in total. The second-order valence-electron chi connectivity index (χ2n) is 6.24. The highest BCUT2D eigenvalue weighted by atomic mass is 35.5. The summed E-state index contributed by atoms with van der Waals surface area (Å²) >= 11 is 6.01. The minimum Gasteiger partial charge on any atom is -0.335 e. The fourth-order valence-electron chi connectivity index (χ4n) is 2.78. The molecule has 24 heavy (non-hydrogen) atoms. The third-order valence-electron chi connectivity index (χ3n) is 4.44. The van der Waals surface area contributed by atoms with Crippen molar-refractivity contribution < 1.29 is 14.0 Å². The lowest BCUT2D eigenvalue weighted by Crippen LogP contribution is -2.50. The number of hydrogen-bond donors (Lipinski definition) is 2. The second-order valence-corrected chi connectivity index (χ2v) is 6.64. The number of carbonyl (C=O) groups excluding carboxylic acids is 2. The van der Waals surface area contributed by atoms with Gasteiger partial charge in [-0.2, -0.15) is 0 Å². The van der Waals surface area contributed by atoms with Gasteiger partial charge in [0.2, 0.25) is 5.91 Å². The van der Waals surface area contributed by atoms with Gasteiger partial charge in [-0.25, -0.2) is 9.18 Å². The first-order valence-electron chi connectivity index (χ1n) is 8.13. The lowest BCUT2D eigenvalue weighted by atomic mass is 10.1. The van der Waals surface area contributed by atoms with Crippen molar-refractivity contribution in [3.63, 3.8) is 0 Å². The van der Waals surface area contributed by atoms with Crippen molar-refractivity contribution in [2.24, 2.45) is 0 Å². The maximum Gasteiger partial charge on any atom is 0.321 e. The number of nitrogens with one attached hydrogen (secondary N) is 2. The Balaban J connectivity index is 1.88. The van der Waals surface area contributed by atoms with Crippen LogP contribution in [-0.2, 0) is 11.3 Å². The van der Waals surface area contributed by atoms with Crippen LogP contribution in [0.1, 0.15) is 38.2 Å². The van der Waals surface area contributed by atoms with Crippen molar-refractivity contribution in [1.29, 1.82) is 0 Å². The molecule has 1 aromatic carbocycles. The van der Waals surface area contributed by atoms with Gasteiger partial charge in [0.1, 0.15) is 5.82 Å². The summed E-state index contributed by atoms with van der Waals surface area (Å²) in [6.45, 7) is 1.83. The molecule has 1 aliphatic carbocycles. The van der Waals surface area contributed by atoms with Crippen LogP contribution in [0.4, 0.5) is 9.18 Å². The van der Waals surface area contributed by atoms with E-state index in [0.717, 1.165) is 25.7 Å². The summed E-state index contributed by atoms with van der Waals surface area (Å²) in [7, 11) is 1.68. The summed E-state index contributed by atoms with van der Waals surface area (Å²) < 4.78 is 13.8. The molecule has 0 spiro atoms. The number of hydrogen-bond acceptors (Lipinski definition) is 3. The lowest BCUT2D eigenvalue weighted by Gasteiger charge is -2.24. The number of nitrogens with zero attached hydrogens (tertiary/aromatic N) is 1. The molecule has 0 radical (unpaired) electrons. The van der Waals surface area contributed by atoms with Crippen LogP contribution in [0.2, 0.25) is 5.02 Å². The minimum absolute atomic E-state index is 0.142. The Bertz CT molecular complexity index is 585. The van der Waals surface area contributed by atoms with Crippen LogP contribution in [0.25, 0.3) is 0 Å². The Morgan fingerprint density at radius 2 is 2.04 bits per heavy atom. The average molecular weight is 356 g/mol. The number of urea groups is 1. The first kappa shape index (κ1) is 18.7. The van der Waals surface area contributed by atoms with E-state index in [9.17, 15) is 14.0 Å². The van der Waals surface area contributed by atoms with Crippen molar-refractivity contribution >= 4 is 23.5 Å². The Morgan fingerprint density at radius 3 is 2.67 bits per heavy atom. The minimum atomic E-state index is -0.602. The van der Waals surface area contributed by atoms with Gasteiger partial charge in [0, 0.05) is 23.2 Å². The van der Waals surface area contributed by atoms with Crippen LogP contribution >= 0.6 is 11.6 Å². The van der Waals surface area contributed by atoms with E-state index in [0.29, 0.717) is 10.6 Å². The van der Waals surface area contributed by atoms with Crippen molar-refractivity contribution in [2.75, 3.05) is 7.05 Å². The molecule has 1 saturated carbocycles. The first-order valence-corrected chi connectivity index (χ1v) is 8.50. The quantitative estimate of drug-likeness (QED) is 0.853. The zero-order chi connectivity index (χ0) is 17.7. The maximum absolute atomic E-state index is 13.8. The third-order valence-corrected chi connectivity index (χ3v) is 4.79. The summed E-state index contributed by atoms with van der Waals surface area (Å²) in [5.41, 5.74) is 0.330. The largest absolute Gasteiger partial charge is 0.335 e. The third kappa shape index (κ3) is 4.92. The number of halogens is 2. The summed E-state index contributed by atoms with van der Waals surface area (Å²) in [6.07, 6.45) is 4.09. The molecule has 132 valence electrons. The van der Waals surface area contributed by atoms with Gasteiger partial charge in [-0.1, -0.05) is 30.5 Å². The smallest absolute Gasteiger partial charge is 0.321 e. The molecule has 1 unspecified atom stereocenters. The molecular formula is C17H23ClFN3O2. The first-order chi connectivity index (χ1) is 11.4. The van der Waals surface area contributed by atoms with Crippen LogP contribution in [0.3, 0.4) is 0 Å². The van der Waals surface area contributed by atoms with E-state index in [1.165, 1.54) is 12.1 Å². The van der Waals surface area contributed by atoms with Crippen LogP contribution in [-0.4, -0.2) is 36.0 Å². The van der Waals surface area contributed by atoms with Crippen LogP contribution in [0.15, 0.2) is 18.2 Å². The molecule has 1 atom stereocenters. The van der Waals surface area contributed by atoms with Crippen molar-refractivity contribution in [3.05, 3.63) is 34.6 Å². The van der Waals surface area contributed by atoms with Gasteiger partial charge in [0.15, 0.2) is 0 Å². The van der Waals surface area contributed by atoms with Gasteiger partial charge in [-0.3, -0.25) is 15.0 Å². The van der Waals surface area contributed by atoms with Gasteiger partial charge in [0.05, 0.1) is 6.04 Å². The molecule has 2 rings (SSSR count).